The molecule has 0 spiro atoms. The fourth-order valence-corrected chi connectivity index (χ4v) is 4.05. The van der Waals surface area contributed by atoms with Gasteiger partial charge in [-0.1, -0.05) is 18.2 Å². The molecule has 3 aromatic rings. The number of ether oxygens (including phenoxy) is 2. The predicted molar refractivity (Wildman–Crippen MR) is 106 cm³/mol. The monoisotopic (exact) mass is 409 g/mol. The van der Waals surface area contributed by atoms with E-state index >= 15 is 0 Å². The molecule has 3 heterocycles. The highest BCUT2D eigenvalue weighted by Crippen LogP contribution is 2.43. The van der Waals surface area contributed by atoms with E-state index in [1.54, 1.807) is 4.68 Å². The molecule has 0 unspecified atom stereocenters. The van der Waals surface area contributed by atoms with E-state index in [4.69, 9.17) is 9.47 Å². The third-order valence-electron chi connectivity index (χ3n) is 5.43. The number of morpholine rings is 1. The molecule has 1 saturated heterocycles. The Kier molecular flexibility index (Phi) is 4.72. The van der Waals surface area contributed by atoms with Crippen LogP contribution in [0, 0.1) is 5.82 Å². The highest BCUT2D eigenvalue weighted by Gasteiger charge is 2.32. The first-order valence-electron chi connectivity index (χ1n) is 9.78. The van der Waals surface area contributed by atoms with Crippen molar-refractivity contribution in [3.63, 3.8) is 0 Å². The summed E-state index contributed by atoms with van der Waals surface area (Å²) in [6, 6.07) is 12.1. The van der Waals surface area contributed by atoms with Crippen molar-refractivity contribution in [1.82, 2.24) is 14.7 Å². The molecule has 8 heteroatoms. The maximum atomic E-state index is 14.7. The van der Waals surface area contributed by atoms with Crippen molar-refractivity contribution in [3.05, 3.63) is 65.1 Å². The number of benzene rings is 2. The second kappa shape index (κ2) is 7.55. The minimum Gasteiger partial charge on any atom is -0.488 e. The minimum absolute atomic E-state index is 0.0680. The summed E-state index contributed by atoms with van der Waals surface area (Å²) in [5, 5.41) is 14.0. The molecule has 0 bridgehead atoms. The van der Waals surface area contributed by atoms with E-state index in [9.17, 15) is 14.3 Å². The van der Waals surface area contributed by atoms with Gasteiger partial charge in [0.25, 0.3) is 0 Å². The molecular formula is C22H20FN3O4. The summed E-state index contributed by atoms with van der Waals surface area (Å²) in [5.41, 5.74) is 2.87. The van der Waals surface area contributed by atoms with E-state index in [1.165, 1.54) is 12.1 Å². The van der Waals surface area contributed by atoms with Gasteiger partial charge in [0.2, 0.25) is 0 Å². The molecule has 2 aliphatic heterocycles. The summed E-state index contributed by atoms with van der Waals surface area (Å²) in [5.74, 6) is -0.964. The lowest BCUT2D eigenvalue weighted by Gasteiger charge is -2.29. The fraction of sp³-hybridized carbons (Fsp3) is 0.273. The molecule has 0 saturated carbocycles. The first-order valence-corrected chi connectivity index (χ1v) is 9.78. The normalized spacial score (nSPS) is 15.9. The van der Waals surface area contributed by atoms with Crippen molar-refractivity contribution in [2.24, 2.45) is 0 Å². The maximum Gasteiger partial charge on any atom is 0.356 e. The molecule has 5 rings (SSSR count). The van der Waals surface area contributed by atoms with Gasteiger partial charge in [0.05, 0.1) is 30.2 Å². The van der Waals surface area contributed by atoms with E-state index in [0.29, 0.717) is 48.0 Å². The van der Waals surface area contributed by atoms with Crippen LogP contribution >= 0.6 is 0 Å². The number of aromatic nitrogens is 2. The third-order valence-corrected chi connectivity index (χ3v) is 5.43. The molecule has 1 fully saturated rings. The molecular weight excluding hydrogens is 389 g/mol. The largest absolute Gasteiger partial charge is 0.488 e. The Morgan fingerprint density at radius 2 is 1.93 bits per heavy atom. The molecule has 0 radical (unpaired) electrons. The van der Waals surface area contributed by atoms with E-state index in [2.05, 4.69) is 10.00 Å². The zero-order valence-electron chi connectivity index (χ0n) is 16.2. The number of carboxylic acid groups (broad SMARTS) is 1. The lowest BCUT2D eigenvalue weighted by molar-refractivity contribution is 0.0337. The second-order valence-electron chi connectivity index (χ2n) is 7.35. The van der Waals surface area contributed by atoms with E-state index in [-0.39, 0.29) is 12.3 Å². The summed E-state index contributed by atoms with van der Waals surface area (Å²) in [4.78, 5) is 14.0. The number of fused-ring (bicyclic) bond motifs is 3. The maximum absolute atomic E-state index is 14.7. The van der Waals surface area contributed by atoms with Crippen molar-refractivity contribution in [2.75, 3.05) is 26.3 Å². The van der Waals surface area contributed by atoms with Crippen LogP contribution in [-0.2, 0) is 17.9 Å². The fourth-order valence-electron chi connectivity index (χ4n) is 4.05. The first-order chi connectivity index (χ1) is 14.6. The van der Waals surface area contributed by atoms with Crippen LogP contribution in [0.15, 0.2) is 42.5 Å². The van der Waals surface area contributed by atoms with Crippen LogP contribution in [0.4, 0.5) is 4.39 Å². The summed E-state index contributed by atoms with van der Waals surface area (Å²) < 4.78 is 27.6. The minimum atomic E-state index is -1.14. The number of carbonyl (C=O) groups is 1. The molecule has 30 heavy (non-hydrogen) atoms. The Balaban J connectivity index is 1.67. The van der Waals surface area contributed by atoms with E-state index in [0.717, 1.165) is 18.7 Å². The number of carboxylic acids is 1. The van der Waals surface area contributed by atoms with Crippen molar-refractivity contribution < 1.29 is 23.8 Å². The van der Waals surface area contributed by atoms with Gasteiger partial charge in [-0.15, -0.1) is 0 Å². The summed E-state index contributed by atoms with van der Waals surface area (Å²) in [6.45, 7) is 3.42. The van der Waals surface area contributed by atoms with Crippen molar-refractivity contribution >= 4 is 5.97 Å². The van der Waals surface area contributed by atoms with E-state index in [1.807, 2.05) is 30.3 Å². The van der Waals surface area contributed by atoms with Gasteiger partial charge in [0.1, 0.15) is 18.2 Å². The average molecular weight is 409 g/mol. The number of halogens is 1. The quantitative estimate of drug-likeness (QED) is 0.714. The smallest absolute Gasteiger partial charge is 0.356 e. The number of rotatable bonds is 4. The van der Waals surface area contributed by atoms with Crippen LogP contribution in [0.5, 0.6) is 5.75 Å². The Labute approximate surface area is 172 Å². The van der Waals surface area contributed by atoms with Gasteiger partial charge in [-0.2, -0.15) is 5.10 Å². The topological polar surface area (TPSA) is 76.8 Å². The first kappa shape index (κ1) is 18.8. The third kappa shape index (κ3) is 3.24. The number of hydrogen-bond acceptors (Lipinski definition) is 5. The van der Waals surface area contributed by atoms with Crippen molar-refractivity contribution in [1.29, 1.82) is 0 Å². The number of aromatic carboxylic acids is 1. The molecule has 1 aromatic heterocycles. The van der Waals surface area contributed by atoms with Crippen LogP contribution in [0.3, 0.4) is 0 Å². The molecule has 0 aliphatic carbocycles. The van der Waals surface area contributed by atoms with Gasteiger partial charge in [0.15, 0.2) is 5.69 Å². The zero-order chi connectivity index (χ0) is 20.7. The molecule has 2 aliphatic rings. The van der Waals surface area contributed by atoms with Gasteiger partial charge >= 0.3 is 5.97 Å². The molecule has 7 nitrogen and oxygen atoms in total. The number of hydrogen-bond donors (Lipinski definition) is 1. The Bertz CT molecular complexity index is 1110. The SMILES string of the molecule is O=C(O)c1nn(-c2ccccc2)c2c1COc1c(CN3CCOCC3)cc(F)cc1-2. The second-order valence-corrected chi connectivity index (χ2v) is 7.35. The zero-order valence-corrected chi connectivity index (χ0v) is 16.2. The van der Waals surface area contributed by atoms with Crippen LogP contribution in [0.2, 0.25) is 0 Å². The number of nitrogens with zero attached hydrogens (tertiary/aromatic N) is 3. The van der Waals surface area contributed by atoms with Gasteiger partial charge < -0.3 is 14.6 Å². The Morgan fingerprint density at radius 3 is 2.67 bits per heavy atom. The van der Waals surface area contributed by atoms with Crippen LogP contribution in [0.25, 0.3) is 16.9 Å². The summed E-state index contributed by atoms with van der Waals surface area (Å²) >= 11 is 0. The van der Waals surface area contributed by atoms with Gasteiger partial charge in [-0.3, -0.25) is 4.90 Å². The van der Waals surface area contributed by atoms with Crippen molar-refractivity contribution in [2.45, 2.75) is 13.2 Å². The number of para-hydroxylation sites is 1. The summed E-state index contributed by atoms with van der Waals surface area (Å²) in [7, 11) is 0. The summed E-state index contributed by atoms with van der Waals surface area (Å²) in [6.07, 6.45) is 0. The molecule has 2 aromatic carbocycles. The molecule has 1 N–H and O–H groups in total. The average Bonchev–Trinajstić information content (AvgIpc) is 3.16. The lowest BCUT2D eigenvalue weighted by Crippen LogP contribution is -2.35. The van der Waals surface area contributed by atoms with Gasteiger partial charge in [-0.25, -0.2) is 13.9 Å². The highest BCUT2D eigenvalue weighted by molar-refractivity contribution is 5.91. The molecule has 154 valence electrons. The molecule has 0 amide bonds. The van der Waals surface area contributed by atoms with Crippen LogP contribution in [-0.4, -0.2) is 52.1 Å². The van der Waals surface area contributed by atoms with Crippen LogP contribution in [0.1, 0.15) is 21.6 Å². The lowest BCUT2D eigenvalue weighted by atomic mass is 9.98. The van der Waals surface area contributed by atoms with Crippen LogP contribution < -0.4 is 4.74 Å². The predicted octanol–water partition coefficient (Wildman–Crippen LogP) is 3.10. The standard InChI is InChI=1S/C22H20FN3O4/c23-15-10-14(12-25-6-8-29-9-7-25)21-17(11-15)20-18(13-30-21)19(22(27)28)24-26(20)16-4-2-1-3-5-16/h1-5,10-11H,6-9,12-13H2,(H,27,28). The molecule has 0 atom stereocenters. The van der Waals surface area contributed by atoms with Gasteiger partial charge in [-0.05, 0) is 24.3 Å². The van der Waals surface area contributed by atoms with E-state index < -0.39 is 11.8 Å². The highest BCUT2D eigenvalue weighted by atomic mass is 19.1. The van der Waals surface area contributed by atoms with Crippen molar-refractivity contribution in [3.8, 4) is 22.7 Å². The van der Waals surface area contributed by atoms with Gasteiger partial charge in [0, 0.05) is 30.8 Å². The Hall–Kier alpha value is -3.23. The Morgan fingerprint density at radius 1 is 1.17 bits per heavy atom.